The number of hydrogen-bond acceptors (Lipinski definition) is 9. The van der Waals surface area contributed by atoms with Crippen molar-refractivity contribution in [3.8, 4) is 45.5 Å². The third kappa shape index (κ3) is 6.71. The van der Waals surface area contributed by atoms with Crippen LogP contribution in [0.3, 0.4) is 0 Å². The van der Waals surface area contributed by atoms with Gasteiger partial charge in [0.25, 0.3) is 0 Å². The summed E-state index contributed by atoms with van der Waals surface area (Å²) in [6.45, 7) is 5.81. The molecular weight excluding hydrogens is 692 g/mol. The smallest absolute Gasteiger partial charge is 0.220 e. The van der Waals surface area contributed by atoms with Gasteiger partial charge in [-0.2, -0.15) is 0 Å². The Morgan fingerprint density at radius 3 is 2.43 bits per heavy atom. The van der Waals surface area contributed by atoms with Gasteiger partial charge in [0.2, 0.25) is 11.8 Å². The maximum Gasteiger partial charge on any atom is 0.220 e. The van der Waals surface area contributed by atoms with Gasteiger partial charge in [-0.05, 0) is 49.9 Å². The number of aromatic nitrogens is 3. The van der Waals surface area contributed by atoms with Crippen LogP contribution in [0.2, 0.25) is 5.02 Å². The molecule has 1 atom stereocenters. The highest BCUT2D eigenvalue weighted by Gasteiger charge is 2.57. The lowest BCUT2D eigenvalue weighted by molar-refractivity contribution is -0.182. The average molecular weight is 737 g/mol. The van der Waals surface area contributed by atoms with Crippen LogP contribution in [-0.4, -0.2) is 83.1 Å². The molecule has 11 nitrogen and oxygen atoms in total. The summed E-state index contributed by atoms with van der Waals surface area (Å²) in [6.07, 6.45) is 6.94. The van der Waals surface area contributed by atoms with E-state index < -0.39 is 5.60 Å². The fourth-order valence-corrected chi connectivity index (χ4v) is 9.18. The minimum Gasteiger partial charge on any atom is -0.496 e. The van der Waals surface area contributed by atoms with Gasteiger partial charge in [-0.15, -0.1) is 0 Å². The predicted octanol–water partition coefficient (Wildman–Crippen LogP) is 6.15. The zero-order valence-electron chi connectivity index (χ0n) is 30.5. The number of benzene rings is 2. The highest BCUT2D eigenvalue weighted by molar-refractivity contribution is 6.36. The van der Waals surface area contributed by atoms with E-state index in [0.717, 1.165) is 88.4 Å². The maximum atomic E-state index is 11.6. The topological polar surface area (TPSA) is 123 Å². The van der Waals surface area contributed by atoms with E-state index in [2.05, 4.69) is 21.6 Å². The molecule has 5 heterocycles. The van der Waals surface area contributed by atoms with Crippen molar-refractivity contribution >= 4 is 28.5 Å². The number of nitrogens with one attached hydrogen (secondary N) is 2. The molecular formula is C41H45ClN6O5. The lowest BCUT2D eigenvalue weighted by Crippen LogP contribution is -2.66. The summed E-state index contributed by atoms with van der Waals surface area (Å²) in [5.74, 6) is 2.13. The van der Waals surface area contributed by atoms with Crippen LogP contribution in [0.4, 0.5) is 0 Å². The summed E-state index contributed by atoms with van der Waals surface area (Å²) >= 11 is 7.20. The van der Waals surface area contributed by atoms with Gasteiger partial charge in [0.1, 0.15) is 17.1 Å². The molecule has 0 unspecified atom stereocenters. The van der Waals surface area contributed by atoms with Crippen molar-refractivity contribution in [2.24, 2.45) is 5.41 Å². The van der Waals surface area contributed by atoms with Crippen molar-refractivity contribution in [1.82, 2.24) is 30.1 Å². The lowest BCUT2D eigenvalue weighted by Gasteiger charge is -2.61. The van der Waals surface area contributed by atoms with Crippen LogP contribution in [-0.2, 0) is 17.9 Å². The highest BCUT2D eigenvalue weighted by Crippen LogP contribution is 2.54. The number of likely N-dealkylation sites (tertiary alicyclic amines) is 1. The van der Waals surface area contributed by atoms with Gasteiger partial charge in [0.05, 0.1) is 48.9 Å². The molecule has 1 saturated carbocycles. The zero-order chi connectivity index (χ0) is 36.9. The van der Waals surface area contributed by atoms with Gasteiger partial charge in [-0.3, -0.25) is 9.69 Å². The van der Waals surface area contributed by atoms with Crippen molar-refractivity contribution in [3.63, 3.8) is 0 Å². The van der Waals surface area contributed by atoms with Gasteiger partial charge < -0.3 is 34.5 Å². The fourth-order valence-electron chi connectivity index (χ4n) is 8.85. The quantitative estimate of drug-likeness (QED) is 0.139. The van der Waals surface area contributed by atoms with Crippen molar-refractivity contribution in [2.75, 3.05) is 41.0 Å². The van der Waals surface area contributed by atoms with Gasteiger partial charge in [0.15, 0.2) is 0 Å². The lowest BCUT2D eigenvalue weighted by atomic mass is 9.56. The molecule has 2 aromatic carbocycles. The first-order valence-electron chi connectivity index (χ1n) is 18.1. The van der Waals surface area contributed by atoms with Gasteiger partial charge >= 0.3 is 0 Å². The summed E-state index contributed by atoms with van der Waals surface area (Å²) in [7, 11) is 5.00. The molecule has 1 spiro atoms. The molecule has 3 N–H and O–H groups in total. The second-order valence-corrected chi connectivity index (χ2v) is 15.5. The monoisotopic (exact) mass is 736 g/mol. The third-order valence-corrected chi connectivity index (χ3v) is 11.4. The van der Waals surface area contributed by atoms with E-state index in [9.17, 15) is 9.90 Å². The highest BCUT2D eigenvalue weighted by atomic mass is 35.5. The zero-order valence-corrected chi connectivity index (χ0v) is 31.3. The minimum atomic E-state index is -0.529. The van der Waals surface area contributed by atoms with E-state index in [1.165, 1.54) is 0 Å². The first-order valence-corrected chi connectivity index (χ1v) is 18.5. The number of rotatable bonds is 12. The molecule has 8 rings (SSSR count). The van der Waals surface area contributed by atoms with Crippen LogP contribution >= 0.6 is 11.6 Å². The molecule has 5 aromatic rings. The first kappa shape index (κ1) is 35.4. The number of carbonyl (C=O) groups is 1. The Balaban J connectivity index is 1.05. The molecule has 53 heavy (non-hydrogen) atoms. The number of fused-ring (bicyclic) bond motifs is 1. The summed E-state index contributed by atoms with van der Waals surface area (Å²) in [5.41, 5.74) is 6.59. The Morgan fingerprint density at radius 1 is 1.00 bits per heavy atom. The van der Waals surface area contributed by atoms with Gasteiger partial charge in [0, 0.05) is 97.2 Å². The number of ether oxygens (including phenoxy) is 3. The molecule has 3 aliphatic rings. The molecule has 1 aliphatic carbocycles. The molecule has 1 amide bonds. The minimum absolute atomic E-state index is 0.105. The van der Waals surface area contributed by atoms with Crippen LogP contribution in [0.25, 0.3) is 39.1 Å². The van der Waals surface area contributed by atoms with Crippen molar-refractivity contribution < 1.29 is 24.1 Å². The van der Waals surface area contributed by atoms with Crippen molar-refractivity contribution in [3.05, 3.63) is 83.1 Å². The molecule has 0 radical (unpaired) electrons. The number of halogens is 1. The Kier molecular flexibility index (Phi) is 9.30. The second kappa shape index (κ2) is 13.9. The van der Waals surface area contributed by atoms with Crippen molar-refractivity contribution in [1.29, 1.82) is 0 Å². The Morgan fingerprint density at radius 2 is 1.75 bits per heavy atom. The summed E-state index contributed by atoms with van der Waals surface area (Å²) in [4.78, 5) is 23.6. The van der Waals surface area contributed by atoms with E-state index in [0.29, 0.717) is 42.7 Å². The summed E-state index contributed by atoms with van der Waals surface area (Å²) in [6, 6.07) is 18.2. The van der Waals surface area contributed by atoms with Crippen LogP contribution in [0, 0.1) is 5.41 Å². The number of aliphatic hydroxyl groups is 1. The number of amides is 1. The maximum absolute atomic E-state index is 11.6. The molecule has 2 saturated heterocycles. The van der Waals surface area contributed by atoms with Crippen LogP contribution in [0.1, 0.15) is 43.7 Å². The van der Waals surface area contributed by atoms with E-state index in [-0.39, 0.29) is 17.4 Å². The van der Waals surface area contributed by atoms with E-state index in [1.54, 1.807) is 27.5 Å². The predicted molar refractivity (Wildman–Crippen MR) is 205 cm³/mol. The van der Waals surface area contributed by atoms with E-state index in [1.807, 2.05) is 66.2 Å². The third-order valence-electron chi connectivity index (χ3n) is 11.0. The average Bonchev–Trinajstić information content (AvgIpc) is 3.76. The Labute approximate surface area is 314 Å². The Hall–Kier alpha value is -4.68. The Bertz CT molecular complexity index is 2160. The normalized spacial score (nSPS) is 18.8. The number of nitrogens with zero attached hydrogens (tertiary/aromatic N) is 4. The summed E-state index contributed by atoms with van der Waals surface area (Å²) < 4.78 is 19.6. The number of pyridine rings is 2. The summed E-state index contributed by atoms with van der Waals surface area (Å²) in [5, 5.41) is 18.2. The fraction of sp³-hybridized carbons (Fsp3) is 0.390. The SMILES string of the molecule is COc1cc(-n2ccc3c(-c4cccc(-c5ccc(CNC[C@@H]6CCC(=O)N6)c(OC)n5)c4Cl)ccnc32)cc(OC)c1CN1CC2(C1)CC(C)(O)C2. The van der Waals surface area contributed by atoms with Gasteiger partial charge in [-0.25, -0.2) is 9.97 Å². The number of hydrogen-bond donors (Lipinski definition) is 3. The molecule has 276 valence electrons. The molecule has 2 aliphatic heterocycles. The van der Waals surface area contributed by atoms with Gasteiger partial charge in [-0.1, -0.05) is 35.9 Å². The standard InChI is InChI=1S/C41H45ClN6O5/c1-40(50)21-41(22-40)23-47(24-41)20-32-34(51-2)16-27(17-35(32)52-3)48-15-13-30-28(12-14-44-38(30)48)29-6-5-7-31(37(29)42)33-10-8-25(39(46-33)53-4)18-43-19-26-9-11-36(49)45-26/h5-8,10,12-17,26,43,50H,9,11,18-24H2,1-4H3,(H,45,49)/t26-/m0/s1. The van der Waals surface area contributed by atoms with Crippen molar-refractivity contribution in [2.45, 2.75) is 57.3 Å². The largest absolute Gasteiger partial charge is 0.496 e. The molecule has 0 bridgehead atoms. The number of methoxy groups -OCH3 is 3. The van der Waals surface area contributed by atoms with E-state index in [4.69, 9.17) is 35.8 Å². The molecule has 3 aromatic heterocycles. The first-order chi connectivity index (χ1) is 25.6. The number of carbonyl (C=O) groups excluding carboxylic acids is 1. The van der Waals surface area contributed by atoms with E-state index >= 15 is 0 Å². The molecule has 12 heteroatoms. The molecule has 3 fully saturated rings. The van der Waals surface area contributed by atoms with Crippen LogP contribution in [0.15, 0.2) is 67.0 Å². The van der Waals surface area contributed by atoms with Crippen LogP contribution < -0.4 is 24.8 Å². The van der Waals surface area contributed by atoms with Crippen LogP contribution in [0.5, 0.6) is 17.4 Å². The second-order valence-electron chi connectivity index (χ2n) is 15.1.